The first-order chi connectivity index (χ1) is 8.10. The van der Waals surface area contributed by atoms with E-state index in [1.54, 1.807) is 4.68 Å². The van der Waals surface area contributed by atoms with Crippen molar-refractivity contribution in [2.45, 2.75) is 19.9 Å². The molecule has 2 heterocycles. The summed E-state index contributed by atoms with van der Waals surface area (Å²) in [7, 11) is 1.89. The zero-order valence-corrected chi connectivity index (χ0v) is 10.3. The van der Waals surface area contributed by atoms with Gasteiger partial charge in [-0.2, -0.15) is 5.10 Å². The maximum absolute atomic E-state index is 5.63. The Hall–Kier alpha value is -1.72. The average Bonchev–Trinajstić information content (AvgIpc) is 2.64. The van der Waals surface area contributed by atoms with Gasteiger partial charge in [0.25, 0.3) is 0 Å². The fourth-order valence-electron chi connectivity index (χ4n) is 1.97. The Bertz CT molecular complexity index is 497. The third-order valence-electron chi connectivity index (χ3n) is 2.63. The minimum atomic E-state index is -0.100. The maximum atomic E-state index is 5.63. The SMILES string of the molecule is Cc1cc(C(NN)c2ccn(C)n2)cc(C)n1. The van der Waals surface area contributed by atoms with Crippen LogP contribution >= 0.6 is 0 Å². The third-order valence-corrected chi connectivity index (χ3v) is 2.63. The lowest BCUT2D eigenvalue weighted by atomic mass is 10.0. The smallest absolute Gasteiger partial charge is 0.0901 e. The molecule has 0 spiro atoms. The number of nitrogens with one attached hydrogen (secondary N) is 1. The Labute approximate surface area is 101 Å². The highest BCUT2D eigenvalue weighted by molar-refractivity contribution is 5.29. The number of hydrogen-bond acceptors (Lipinski definition) is 4. The lowest BCUT2D eigenvalue weighted by molar-refractivity contribution is 0.602. The molecule has 1 unspecified atom stereocenters. The predicted octanol–water partition coefficient (Wildman–Crippen LogP) is 0.985. The minimum Gasteiger partial charge on any atom is -0.275 e. The highest BCUT2D eigenvalue weighted by atomic mass is 15.3. The van der Waals surface area contributed by atoms with Crippen molar-refractivity contribution in [1.82, 2.24) is 20.2 Å². The molecule has 5 heteroatoms. The van der Waals surface area contributed by atoms with Gasteiger partial charge in [-0.05, 0) is 37.6 Å². The molecule has 2 rings (SSSR count). The van der Waals surface area contributed by atoms with Gasteiger partial charge in [0.15, 0.2) is 0 Å². The highest BCUT2D eigenvalue weighted by Gasteiger charge is 2.15. The zero-order chi connectivity index (χ0) is 12.4. The molecule has 0 fully saturated rings. The Kier molecular flexibility index (Phi) is 3.21. The van der Waals surface area contributed by atoms with Crippen molar-refractivity contribution in [2.75, 3.05) is 0 Å². The van der Waals surface area contributed by atoms with Crippen LogP contribution in [0.2, 0.25) is 0 Å². The summed E-state index contributed by atoms with van der Waals surface area (Å²) < 4.78 is 1.76. The van der Waals surface area contributed by atoms with Crippen LogP contribution in [0.1, 0.15) is 28.7 Å². The Balaban J connectivity index is 2.41. The molecule has 0 amide bonds. The molecule has 0 aromatic carbocycles. The molecule has 0 bridgehead atoms. The summed E-state index contributed by atoms with van der Waals surface area (Å²) in [5.74, 6) is 5.63. The van der Waals surface area contributed by atoms with E-state index in [0.717, 1.165) is 22.6 Å². The molecule has 0 aliphatic carbocycles. The summed E-state index contributed by atoms with van der Waals surface area (Å²) in [5, 5.41) is 4.37. The van der Waals surface area contributed by atoms with Gasteiger partial charge in [-0.25, -0.2) is 5.43 Å². The third kappa shape index (κ3) is 2.51. The topological polar surface area (TPSA) is 68.8 Å². The van der Waals surface area contributed by atoms with Crippen molar-refractivity contribution in [3.05, 3.63) is 47.0 Å². The second kappa shape index (κ2) is 4.65. The predicted molar refractivity (Wildman–Crippen MR) is 66.1 cm³/mol. The molecule has 90 valence electrons. The minimum absolute atomic E-state index is 0.100. The van der Waals surface area contributed by atoms with E-state index in [2.05, 4.69) is 15.5 Å². The monoisotopic (exact) mass is 231 g/mol. The van der Waals surface area contributed by atoms with E-state index in [1.807, 2.05) is 45.3 Å². The molecule has 0 saturated heterocycles. The standard InChI is InChI=1S/C12H17N5/c1-8-6-10(7-9(2)14-8)12(15-13)11-4-5-17(3)16-11/h4-7,12,15H,13H2,1-3H3. The number of aromatic nitrogens is 3. The fraction of sp³-hybridized carbons (Fsp3) is 0.333. The molecule has 2 aromatic heterocycles. The molecular weight excluding hydrogens is 214 g/mol. The van der Waals surface area contributed by atoms with Crippen molar-refractivity contribution in [2.24, 2.45) is 12.9 Å². The van der Waals surface area contributed by atoms with Crippen molar-refractivity contribution < 1.29 is 0 Å². The van der Waals surface area contributed by atoms with E-state index in [-0.39, 0.29) is 6.04 Å². The molecule has 5 nitrogen and oxygen atoms in total. The lowest BCUT2D eigenvalue weighted by Crippen LogP contribution is -2.29. The van der Waals surface area contributed by atoms with Crippen LogP contribution in [-0.4, -0.2) is 14.8 Å². The van der Waals surface area contributed by atoms with Gasteiger partial charge >= 0.3 is 0 Å². The fourth-order valence-corrected chi connectivity index (χ4v) is 1.97. The average molecular weight is 231 g/mol. The van der Waals surface area contributed by atoms with Crippen LogP contribution in [0.3, 0.4) is 0 Å². The van der Waals surface area contributed by atoms with Crippen LogP contribution in [0, 0.1) is 13.8 Å². The summed E-state index contributed by atoms with van der Waals surface area (Å²) in [6, 6.07) is 5.89. The van der Waals surface area contributed by atoms with Crippen molar-refractivity contribution in [1.29, 1.82) is 0 Å². The number of nitrogens with two attached hydrogens (primary N) is 1. The Morgan fingerprint density at radius 1 is 1.29 bits per heavy atom. The molecule has 2 aromatic rings. The van der Waals surface area contributed by atoms with Gasteiger partial charge in [0, 0.05) is 24.6 Å². The first-order valence-electron chi connectivity index (χ1n) is 5.51. The van der Waals surface area contributed by atoms with E-state index < -0.39 is 0 Å². The largest absolute Gasteiger partial charge is 0.275 e. The molecule has 17 heavy (non-hydrogen) atoms. The number of hydrogen-bond donors (Lipinski definition) is 2. The molecule has 0 aliphatic heterocycles. The van der Waals surface area contributed by atoms with E-state index in [1.165, 1.54) is 0 Å². The van der Waals surface area contributed by atoms with E-state index >= 15 is 0 Å². The lowest BCUT2D eigenvalue weighted by Gasteiger charge is -2.15. The molecule has 1 atom stereocenters. The van der Waals surface area contributed by atoms with Crippen molar-refractivity contribution in [3.8, 4) is 0 Å². The normalized spacial score (nSPS) is 12.7. The summed E-state index contributed by atoms with van der Waals surface area (Å²) in [4.78, 5) is 4.36. The van der Waals surface area contributed by atoms with Gasteiger partial charge < -0.3 is 0 Å². The van der Waals surface area contributed by atoms with Crippen LogP contribution in [0.15, 0.2) is 24.4 Å². The van der Waals surface area contributed by atoms with Crippen molar-refractivity contribution in [3.63, 3.8) is 0 Å². The van der Waals surface area contributed by atoms with Crippen molar-refractivity contribution >= 4 is 0 Å². The number of hydrazine groups is 1. The second-order valence-electron chi connectivity index (χ2n) is 4.20. The maximum Gasteiger partial charge on any atom is 0.0901 e. The molecule has 0 aliphatic rings. The summed E-state index contributed by atoms with van der Waals surface area (Å²) in [6.45, 7) is 3.95. The van der Waals surface area contributed by atoms with Gasteiger partial charge in [-0.15, -0.1) is 0 Å². The van der Waals surface area contributed by atoms with E-state index in [0.29, 0.717) is 0 Å². The second-order valence-corrected chi connectivity index (χ2v) is 4.20. The Morgan fingerprint density at radius 2 is 1.94 bits per heavy atom. The molecule has 0 saturated carbocycles. The summed E-state index contributed by atoms with van der Waals surface area (Å²) >= 11 is 0. The van der Waals surface area contributed by atoms with Crippen LogP contribution < -0.4 is 11.3 Å². The molecular formula is C12H17N5. The molecule has 0 radical (unpaired) electrons. The first-order valence-corrected chi connectivity index (χ1v) is 5.51. The number of nitrogens with zero attached hydrogens (tertiary/aromatic N) is 3. The highest BCUT2D eigenvalue weighted by Crippen LogP contribution is 2.20. The van der Waals surface area contributed by atoms with Crippen LogP contribution in [0.25, 0.3) is 0 Å². The number of rotatable bonds is 3. The van der Waals surface area contributed by atoms with E-state index in [9.17, 15) is 0 Å². The van der Waals surface area contributed by atoms with Gasteiger partial charge in [-0.1, -0.05) is 0 Å². The van der Waals surface area contributed by atoms with Crippen LogP contribution in [0.4, 0.5) is 0 Å². The quantitative estimate of drug-likeness (QED) is 0.610. The van der Waals surface area contributed by atoms with Gasteiger partial charge in [-0.3, -0.25) is 15.5 Å². The van der Waals surface area contributed by atoms with Crippen LogP contribution in [0.5, 0.6) is 0 Å². The number of pyridine rings is 1. The first kappa shape index (κ1) is 11.8. The van der Waals surface area contributed by atoms with E-state index in [4.69, 9.17) is 5.84 Å². The Morgan fingerprint density at radius 3 is 2.41 bits per heavy atom. The van der Waals surface area contributed by atoms with Crippen LogP contribution in [-0.2, 0) is 7.05 Å². The summed E-state index contributed by atoms with van der Waals surface area (Å²) in [6.07, 6.45) is 1.90. The zero-order valence-electron chi connectivity index (χ0n) is 10.3. The van der Waals surface area contributed by atoms with Gasteiger partial charge in [0.1, 0.15) is 0 Å². The summed E-state index contributed by atoms with van der Waals surface area (Å²) in [5.41, 5.74) is 6.75. The molecule has 3 N–H and O–H groups in total. The van der Waals surface area contributed by atoms with Gasteiger partial charge in [0.05, 0.1) is 11.7 Å². The number of aryl methyl sites for hydroxylation is 3. The van der Waals surface area contributed by atoms with Gasteiger partial charge in [0.2, 0.25) is 0 Å².